The molecule has 0 radical (unpaired) electrons. The third-order valence-electron chi connectivity index (χ3n) is 4.51. The van der Waals surface area contributed by atoms with Crippen LogP contribution in [-0.4, -0.2) is 34.3 Å². The first-order valence-corrected chi connectivity index (χ1v) is 8.04. The third-order valence-corrected chi connectivity index (χ3v) is 4.51. The van der Waals surface area contributed by atoms with Gasteiger partial charge in [-0.15, -0.1) is 0 Å². The molecule has 9 nitrogen and oxygen atoms in total. The number of ketones is 1. The molecule has 2 amide bonds. The number of hydrogen-bond donors (Lipinski definition) is 1. The van der Waals surface area contributed by atoms with E-state index in [4.69, 9.17) is 0 Å². The zero-order valence-electron chi connectivity index (χ0n) is 13.7. The van der Waals surface area contributed by atoms with Crippen molar-refractivity contribution in [2.75, 3.05) is 4.90 Å². The Hall–Kier alpha value is -3.88. The van der Waals surface area contributed by atoms with Gasteiger partial charge in [-0.2, -0.15) is 5.10 Å². The number of anilines is 1. The quantitative estimate of drug-likeness (QED) is 0.378. The molecule has 1 saturated heterocycles. The molecule has 2 aromatic carbocycles. The number of rotatable bonds is 4. The summed E-state index contributed by atoms with van der Waals surface area (Å²) >= 11 is 0. The van der Waals surface area contributed by atoms with Crippen molar-refractivity contribution in [1.82, 2.24) is 5.43 Å². The van der Waals surface area contributed by atoms with Crippen molar-refractivity contribution in [3.05, 3.63) is 70.3 Å². The third kappa shape index (κ3) is 2.56. The highest BCUT2D eigenvalue weighted by molar-refractivity contribution is 6.52. The fourth-order valence-electron chi connectivity index (χ4n) is 3.19. The molecule has 134 valence electrons. The van der Waals surface area contributed by atoms with Gasteiger partial charge >= 0.3 is 0 Å². The first-order valence-electron chi connectivity index (χ1n) is 8.04. The number of hydrogen-bond acceptors (Lipinski definition) is 7. The molecular formula is C18H12N4O5. The zero-order valence-corrected chi connectivity index (χ0v) is 13.7. The number of hydrazone groups is 1. The number of imide groups is 1. The number of non-ortho nitro benzene ring substituents is 1. The van der Waals surface area contributed by atoms with Gasteiger partial charge in [-0.1, -0.05) is 30.3 Å². The van der Waals surface area contributed by atoms with Crippen LogP contribution in [0.4, 0.5) is 11.4 Å². The second-order valence-corrected chi connectivity index (χ2v) is 6.06. The van der Waals surface area contributed by atoms with Crippen LogP contribution >= 0.6 is 0 Å². The summed E-state index contributed by atoms with van der Waals surface area (Å²) in [5.41, 5.74) is 2.98. The van der Waals surface area contributed by atoms with Crippen molar-refractivity contribution in [3.63, 3.8) is 0 Å². The molecule has 2 heterocycles. The van der Waals surface area contributed by atoms with E-state index in [9.17, 15) is 24.5 Å². The lowest BCUT2D eigenvalue weighted by Crippen LogP contribution is -2.36. The van der Waals surface area contributed by atoms with Gasteiger partial charge in [0.15, 0.2) is 0 Å². The molecule has 0 bridgehead atoms. The van der Waals surface area contributed by atoms with Crippen LogP contribution < -0.4 is 10.3 Å². The van der Waals surface area contributed by atoms with Crippen molar-refractivity contribution < 1.29 is 19.3 Å². The Morgan fingerprint density at radius 1 is 1.04 bits per heavy atom. The molecule has 2 aliphatic rings. The summed E-state index contributed by atoms with van der Waals surface area (Å²) in [6.07, 6.45) is 0. The number of nitrogens with zero attached hydrogens (tertiary/aromatic N) is 3. The minimum atomic E-state index is -1.03. The summed E-state index contributed by atoms with van der Waals surface area (Å²) in [7, 11) is 0. The van der Waals surface area contributed by atoms with Crippen LogP contribution in [0.15, 0.2) is 59.7 Å². The predicted octanol–water partition coefficient (Wildman–Crippen LogP) is 1.29. The number of nitro benzene ring substituents is 1. The molecule has 2 atom stereocenters. The lowest BCUT2D eigenvalue weighted by molar-refractivity contribution is -0.384. The minimum Gasteiger partial charge on any atom is -0.296 e. The molecule has 0 saturated carbocycles. The van der Waals surface area contributed by atoms with E-state index in [0.29, 0.717) is 5.56 Å². The van der Waals surface area contributed by atoms with Gasteiger partial charge in [0, 0.05) is 17.7 Å². The standard InChI is InChI=1S/C18H12N4O5/c23-16(10-4-2-1-3-5-10)14-13-15(20-19-14)18(25)21(17(13)24)11-6-8-12(9-7-11)22(26)27/h1-9,13,15,20H/t13-,15+/m0/s1. The van der Waals surface area contributed by atoms with Crippen molar-refractivity contribution in [3.8, 4) is 0 Å². The van der Waals surface area contributed by atoms with E-state index in [1.807, 2.05) is 0 Å². The Morgan fingerprint density at radius 2 is 1.70 bits per heavy atom. The summed E-state index contributed by atoms with van der Waals surface area (Å²) in [6.45, 7) is 0. The largest absolute Gasteiger partial charge is 0.296 e. The number of Topliss-reactive ketones (excluding diaryl/α,β-unsaturated/α-hetero) is 1. The van der Waals surface area contributed by atoms with Crippen LogP contribution in [0.25, 0.3) is 0 Å². The summed E-state index contributed by atoms with van der Waals surface area (Å²) in [5.74, 6) is -2.60. The molecule has 1 fully saturated rings. The maximum atomic E-state index is 12.9. The molecule has 1 N–H and O–H groups in total. The summed E-state index contributed by atoms with van der Waals surface area (Å²) in [6, 6.07) is 12.5. The van der Waals surface area contributed by atoms with Crippen molar-refractivity contribution in [2.24, 2.45) is 11.0 Å². The normalized spacial score (nSPS) is 20.9. The fourth-order valence-corrected chi connectivity index (χ4v) is 3.19. The Morgan fingerprint density at radius 3 is 2.33 bits per heavy atom. The molecule has 27 heavy (non-hydrogen) atoms. The molecule has 0 aromatic heterocycles. The van der Waals surface area contributed by atoms with Gasteiger partial charge in [0.05, 0.1) is 10.6 Å². The number of nitro groups is 1. The topological polar surface area (TPSA) is 122 Å². The molecule has 0 spiro atoms. The van der Waals surface area contributed by atoms with Crippen LogP contribution in [0.5, 0.6) is 0 Å². The second kappa shape index (κ2) is 6.13. The van der Waals surface area contributed by atoms with E-state index in [1.54, 1.807) is 30.3 Å². The van der Waals surface area contributed by atoms with E-state index in [0.717, 1.165) is 4.90 Å². The zero-order chi connectivity index (χ0) is 19.1. The molecule has 0 unspecified atom stereocenters. The predicted molar refractivity (Wildman–Crippen MR) is 94.2 cm³/mol. The van der Waals surface area contributed by atoms with E-state index < -0.39 is 34.5 Å². The SMILES string of the molecule is O=C(C1=NN[C@H]2C(=O)N(c3ccc([N+](=O)[O-])cc3)C(=O)[C@@H]12)c1ccccc1. The van der Waals surface area contributed by atoms with Crippen LogP contribution in [0, 0.1) is 16.0 Å². The van der Waals surface area contributed by atoms with E-state index >= 15 is 0 Å². The number of carbonyl (C=O) groups excluding carboxylic acids is 3. The maximum Gasteiger partial charge on any atom is 0.269 e. The highest BCUT2D eigenvalue weighted by Gasteiger charge is 2.55. The Labute approximate surface area is 152 Å². The smallest absolute Gasteiger partial charge is 0.269 e. The Kier molecular flexibility index (Phi) is 3.76. The number of benzene rings is 2. The number of carbonyl (C=O) groups is 3. The lowest BCUT2D eigenvalue weighted by Gasteiger charge is -2.15. The lowest BCUT2D eigenvalue weighted by atomic mass is 9.93. The Balaban J connectivity index is 1.64. The summed E-state index contributed by atoms with van der Waals surface area (Å²) in [5, 5.41) is 14.7. The van der Waals surface area contributed by atoms with Gasteiger partial charge in [0.2, 0.25) is 11.7 Å². The first-order chi connectivity index (χ1) is 13.0. The van der Waals surface area contributed by atoms with Crippen LogP contribution in [0.3, 0.4) is 0 Å². The summed E-state index contributed by atoms with van der Waals surface area (Å²) < 4.78 is 0. The van der Waals surface area contributed by atoms with Crippen LogP contribution in [0.2, 0.25) is 0 Å². The average molecular weight is 364 g/mol. The highest BCUT2D eigenvalue weighted by Crippen LogP contribution is 2.32. The minimum absolute atomic E-state index is 0.0195. The van der Waals surface area contributed by atoms with E-state index in [1.165, 1.54) is 24.3 Å². The molecule has 2 aromatic rings. The first kappa shape index (κ1) is 16.6. The second-order valence-electron chi connectivity index (χ2n) is 6.06. The van der Waals surface area contributed by atoms with E-state index in [2.05, 4.69) is 10.5 Å². The number of fused-ring (bicyclic) bond motifs is 1. The Bertz CT molecular complexity index is 1000. The molecule has 4 rings (SSSR count). The van der Waals surface area contributed by atoms with Gasteiger partial charge in [0.1, 0.15) is 17.7 Å². The van der Waals surface area contributed by atoms with Gasteiger partial charge in [-0.3, -0.25) is 29.9 Å². The molecule has 2 aliphatic heterocycles. The van der Waals surface area contributed by atoms with E-state index in [-0.39, 0.29) is 17.1 Å². The van der Waals surface area contributed by atoms with Gasteiger partial charge in [-0.05, 0) is 12.1 Å². The highest BCUT2D eigenvalue weighted by atomic mass is 16.6. The number of amides is 2. The monoisotopic (exact) mass is 364 g/mol. The van der Waals surface area contributed by atoms with Crippen molar-refractivity contribution >= 4 is 34.7 Å². The van der Waals surface area contributed by atoms with Crippen LogP contribution in [-0.2, 0) is 9.59 Å². The van der Waals surface area contributed by atoms with Gasteiger partial charge in [-0.25, -0.2) is 4.90 Å². The van der Waals surface area contributed by atoms with Crippen LogP contribution in [0.1, 0.15) is 10.4 Å². The fraction of sp³-hybridized carbons (Fsp3) is 0.111. The maximum absolute atomic E-state index is 12.9. The van der Waals surface area contributed by atoms with Crippen molar-refractivity contribution in [2.45, 2.75) is 6.04 Å². The molecule has 9 heteroatoms. The molecule has 0 aliphatic carbocycles. The van der Waals surface area contributed by atoms with Crippen molar-refractivity contribution in [1.29, 1.82) is 0 Å². The van der Waals surface area contributed by atoms with Gasteiger partial charge < -0.3 is 0 Å². The average Bonchev–Trinajstić information content (AvgIpc) is 3.22. The summed E-state index contributed by atoms with van der Waals surface area (Å²) in [4.78, 5) is 49.3. The molecular weight excluding hydrogens is 352 g/mol. The van der Waals surface area contributed by atoms with Gasteiger partial charge in [0.25, 0.3) is 11.6 Å². The number of nitrogens with one attached hydrogen (secondary N) is 1.